The third-order valence-corrected chi connectivity index (χ3v) is 14.6. The van der Waals surface area contributed by atoms with Crippen LogP contribution in [0.5, 0.6) is 0 Å². The van der Waals surface area contributed by atoms with Crippen LogP contribution >= 0.6 is 7.82 Å². The maximum Gasteiger partial charge on any atom is 0.306 e. The number of nitrogens with zero attached hydrogens (tertiary/aromatic N) is 1. The fourth-order valence-corrected chi connectivity index (χ4v) is 9.81. The van der Waals surface area contributed by atoms with Crippen molar-refractivity contribution in [1.82, 2.24) is 0 Å². The van der Waals surface area contributed by atoms with Crippen LogP contribution in [-0.2, 0) is 27.9 Å². The Morgan fingerprint density at radius 2 is 0.687 bits per heavy atom. The Balaban J connectivity index is 3.92. The molecule has 402 valence electrons. The highest BCUT2D eigenvalue weighted by Crippen LogP contribution is 2.38. The van der Waals surface area contributed by atoms with E-state index in [2.05, 4.69) is 13.8 Å². The Morgan fingerprint density at radius 3 is 0.985 bits per heavy atom. The van der Waals surface area contributed by atoms with Crippen LogP contribution in [0.1, 0.15) is 309 Å². The number of carbonyl (C=O) groups excluding carboxylic acids is 1. The van der Waals surface area contributed by atoms with Crippen molar-refractivity contribution in [2.45, 2.75) is 315 Å². The van der Waals surface area contributed by atoms with Crippen LogP contribution in [0, 0.1) is 0 Å². The van der Waals surface area contributed by atoms with Gasteiger partial charge in [0.15, 0.2) is 0 Å². The molecule has 0 heterocycles. The third kappa shape index (κ3) is 56.3. The Bertz CT molecular complexity index is 1040. The van der Waals surface area contributed by atoms with Gasteiger partial charge in [-0.25, -0.2) is 0 Å². The van der Waals surface area contributed by atoms with Gasteiger partial charge < -0.3 is 27.9 Å². The largest absolute Gasteiger partial charge is 0.756 e. The van der Waals surface area contributed by atoms with E-state index < -0.39 is 13.9 Å². The molecule has 0 fully saturated rings. The van der Waals surface area contributed by atoms with Crippen LogP contribution in [0.4, 0.5) is 0 Å². The fourth-order valence-electron chi connectivity index (χ4n) is 9.08. The first-order valence-corrected chi connectivity index (χ1v) is 31.2. The minimum absolute atomic E-state index is 0.0319. The third-order valence-electron chi connectivity index (χ3n) is 13.7. The van der Waals surface area contributed by atoms with Gasteiger partial charge in [-0.3, -0.25) is 9.36 Å². The second-order valence-corrected chi connectivity index (χ2v) is 23.1. The first kappa shape index (κ1) is 66.5. The lowest BCUT2D eigenvalue weighted by Gasteiger charge is -2.28. The molecule has 1 unspecified atom stereocenters. The van der Waals surface area contributed by atoms with Crippen LogP contribution < -0.4 is 4.89 Å². The Morgan fingerprint density at radius 1 is 0.403 bits per heavy atom. The van der Waals surface area contributed by atoms with E-state index in [0.29, 0.717) is 24.1 Å². The van der Waals surface area contributed by atoms with Gasteiger partial charge in [-0.05, 0) is 12.8 Å². The summed E-state index contributed by atoms with van der Waals surface area (Å²) in [5.41, 5.74) is 0. The number of hydrogen-bond acceptors (Lipinski definition) is 7. The molecular formula is C58H118NO7P. The number of unbranched alkanes of at least 4 members (excludes halogenated alkanes) is 43. The molecule has 0 amide bonds. The van der Waals surface area contributed by atoms with Crippen molar-refractivity contribution in [2.75, 3.05) is 54.1 Å². The number of ether oxygens (including phenoxy) is 2. The van der Waals surface area contributed by atoms with Crippen molar-refractivity contribution >= 4 is 13.8 Å². The number of phosphoric acid groups is 1. The van der Waals surface area contributed by atoms with Gasteiger partial charge in [0, 0.05) is 13.0 Å². The Kier molecular flexibility index (Phi) is 51.5. The fraction of sp³-hybridized carbons (Fsp3) is 0.983. The summed E-state index contributed by atoms with van der Waals surface area (Å²) in [5.74, 6) is -0.323. The van der Waals surface area contributed by atoms with Crippen LogP contribution in [0.3, 0.4) is 0 Å². The highest BCUT2D eigenvalue weighted by atomic mass is 31.2. The molecule has 0 N–H and O–H groups in total. The lowest BCUT2D eigenvalue weighted by atomic mass is 10.0. The second-order valence-electron chi connectivity index (χ2n) is 21.7. The summed E-state index contributed by atoms with van der Waals surface area (Å²) in [4.78, 5) is 25.2. The monoisotopic (exact) mass is 972 g/mol. The molecule has 0 aliphatic carbocycles. The van der Waals surface area contributed by atoms with E-state index in [0.717, 1.165) is 32.1 Å². The second kappa shape index (κ2) is 51.8. The molecule has 0 aromatic carbocycles. The molecule has 0 radical (unpaired) electrons. The average Bonchev–Trinajstić information content (AvgIpc) is 3.29. The number of quaternary nitrogens is 1. The molecule has 8 nitrogen and oxygen atoms in total. The summed E-state index contributed by atoms with van der Waals surface area (Å²) in [5, 5.41) is 0. The summed E-state index contributed by atoms with van der Waals surface area (Å²) < 4.78 is 34.9. The zero-order valence-corrected chi connectivity index (χ0v) is 46.8. The number of carbonyl (C=O) groups is 1. The normalized spacial score (nSPS) is 13.3. The zero-order valence-electron chi connectivity index (χ0n) is 45.9. The molecule has 67 heavy (non-hydrogen) atoms. The summed E-state index contributed by atoms with van der Waals surface area (Å²) >= 11 is 0. The summed E-state index contributed by atoms with van der Waals surface area (Å²) in [7, 11) is 1.38. The maximum atomic E-state index is 12.8. The van der Waals surface area contributed by atoms with Crippen LogP contribution in [0.2, 0.25) is 0 Å². The molecule has 0 aliphatic heterocycles. The van der Waals surface area contributed by atoms with Gasteiger partial charge in [-0.15, -0.1) is 0 Å². The lowest BCUT2D eigenvalue weighted by Crippen LogP contribution is -2.37. The first-order chi connectivity index (χ1) is 32.6. The van der Waals surface area contributed by atoms with Crippen molar-refractivity contribution in [3.05, 3.63) is 0 Å². The van der Waals surface area contributed by atoms with Crippen molar-refractivity contribution in [2.24, 2.45) is 0 Å². The number of hydrogen-bond donors (Lipinski definition) is 0. The summed E-state index contributed by atoms with van der Waals surface area (Å²) in [6.07, 6.45) is 60.1. The van der Waals surface area contributed by atoms with Gasteiger partial charge in [0.2, 0.25) is 0 Å². The van der Waals surface area contributed by atoms with Gasteiger partial charge in [0.1, 0.15) is 19.3 Å². The highest BCUT2D eigenvalue weighted by Gasteiger charge is 2.20. The predicted octanol–water partition coefficient (Wildman–Crippen LogP) is 18.1. The van der Waals surface area contributed by atoms with Crippen LogP contribution in [0.15, 0.2) is 0 Å². The van der Waals surface area contributed by atoms with Gasteiger partial charge in [0.25, 0.3) is 7.82 Å². The average molecular weight is 973 g/mol. The van der Waals surface area contributed by atoms with Crippen molar-refractivity contribution in [1.29, 1.82) is 0 Å². The molecule has 0 spiro atoms. The molecular weight excluding hydrogens is 854 g/mol. The molecule has 0 aliphatic rings. The topological polar surface area (TPSA) is 94.1 Å². The highest BCUT2D eigenvalue weighted by molar-refractivity contribution is 7.45. The lowest BCUT2D eigenvalue weighted by molar-refractivity contribution is -0.870. The zero-order chi connectivity index (χ0) is 49.0. The van der Waals surface area contributed by atoms with E-state index in [9.17, 15) is 14.3 Å². The molecule has 0 saturated heterocycles. The number of esters is 1. The smallest absolute Gasteiger partial charge is 0.306 e. The maximum absolute atomic E-state index is 12.8. The minimum Gasteiger partial charge on any atom is -0.756 e. The number of rotatable bonds is 57. The number of phosphoric ester groups is 1. The van der Waals surface area contributed by atoms with Crippen molar-refractivity contribution in [3.63, 3.8) is 0 Å². The van der Waals surface area contributed by atoms with Gasteiger partial charge in [-0.2, -0.15) is 0 Å². The van der Waals surface area contributed by atoms with Crippen LogP contribution in [-0.4, -0.2) is 70.7 Å². The standard InChI is InChI=1S/C58H118NO7P/c1-6-8-10-12-14-16-18-20-22-24-25-26-27-28-29-30-31-32-33-34-35-36-37-39-41-43-45-47-49-51-58(60)66-57(56-65-67(61,62)64-54-52-59(3,4)5)55-63-53-50-48-46-44-42-40-38-23-21-19-17-15-13-11-9-7-2/h57H,6-56H2,1-5H3/t57-/m1/s1. The molecule has 0 saturated carbocycles. The van der Waals surface area contributed by atoms with E-state index in [4.69, 9.17) is 18.5 Å². The van der Waals surface area contributed by atoms with E-state index >= 15 is 0 Å². The molecule has 0 rings (SSSR count). The SMILES string of the molecule is CCCCCCCCCCCCCCCCCCCCCCCCCCCCCCCC(=O)O[C@H](COCCCCCCCCCCCCCCCCCC)COP(=O)([O-])OCC[N+](C)(C)C. The molecule has 0 aromatic rings. The molecule has 9 heteroatoms. The van der Waals surface area contributed by atoms with Crippen LogP contribution in [0.25, 0.3) is 0 Å². The Labute approximate surface area is 418 Å². The summed E-state index contributed by atoms with van der Waals surface area (Å²) in [6.45, 7) is 5.51. The van der Waals surface area contributed by atoms with E-state index in [1.54, 1.807) is 0 Å². The van der Waals surface area contributed by atoms with Crippen molar-refractivity contribution < 1.29 is 37.3 Å². The van der Waals surface area contributed by atoms with E-state index in [1.807, 2.05) is 21.1 Å². The van der Waals surface area contributed by atoms with Gasteiger partial charge in [0.05, 0.1) is 34.4 Å². The minimum atomic E-state index is -4.53. The first-order valence-electron chi connectivity index (χ1n) is 29.8. The molecule has 2 atom stereocenters. The van der Waals surface area contributed by atoms with Gasteiger partial charge in [-0.1, -0.05) is 290 Å². The van der Waals surface area contributed by atoms with Crippen molar-refractivity contribution in [3.8, 4) is 0 Å². The molecule has 0 aromatic heterocycles. The summed E-state index contributed by atoms with van der Waals surface area (Å²) in [6, 6.07) is 0. The molecule has 0 bridgehead atoms. The van der Waals surface area contributed by atoms with Gasteiger partial charge >= 0.3 is 5.97 Å². The predicted molar refractivity (Wildman–Crippen MR) is 287 cm³/mol. The number of likely N-dealkylation sites (N-methyl/N-ethyl adjacent to an activating group) is 1. The quantitative estimate of drug-likeness (QED) is 0.0259. The van der Waals surface area contributed by atoms with E-state index in [-0.39, 0.29) is 25.8 Å². The van der Waals surface area contributed by atoms with E-state index in [1.165, 1.54) is 257 Å². The Hall–Kier alpha value is -0.500.